The Labute approximate surface area is 127 Å². The van der Waals surface area contributed by atoms with Gasteiger partial charge in [0.1, 0.15) is 5.82 Å². The van der Waals surface area contributed by atoms with Crippen molar-refractivity contribution in [3.63, 3.8) is 0 Å². The Hall–Kier alpha value is -1.36. The molecular weight excluding hydrogens is 264 g/mol. The molecule has 3 atom stereocenters. The summed E-state index contributed by atoms with van der Waals surface area (Å²) in [4.78, 5) is 12.7. The average Bonchev–Trinajstić information content (AvgIpc) is 2.84. The number of hydrogen-bond donors (Lipinski definition) is 2. The minimum atomic E-state index is -0.0928. The van der Waals surface area contributed by atoms with Crippen molar-refractivity contribution in [1.29, 1.82) is 0 Å². The van der Waals surface area contributed by atoms with Gasteiger partial charge in [-0.1, -0.05) is 20.8 Å². The number of anilines is 1. The maximum Gasteiger partial charge on any atom is 0.229 e. The molecule has 5 nitrogen and oxygen atoms in total. The van der Waals surface area contributed by atoms with Crippen LogP contribution in [0.3, 0.4) is 0 Å². The van der Waals surface area contributed by atoms with Crippen molar-refractivity contribution < 1.29 is 4.79 Å². The van der Waals surface area contributed by atoms with E-state index in [0.29, 0.717) is 5.92 Å². The van der Waals surface area contributed by atoms with Crippen LogP contribution in [-0.2, 0) is 4.79 Å². The summed E-state index contributed by atoms with van der Waals surface area (Å²) in [6, 6.07) is 2.26. The van der Waals surface area contributed by atoms with Crippen molar-refractivity contribution in [2.45, 2.75) is 59.5 Å². The van der Waals surface area contributed by atoms with Gasteiger partial charge in [-0.15, -0.1) is 0 Å². The second kappa shape index (κ2) is 5.79. The number of hydrogen-bond acceptors (Lipinski definition) is 3. The number of carbonyl (C=O) groups excluding carboxylic acids is 1. The van der Waals surface area contributed by atoms with E-state index in [-0.39, 0.29) is 29.3 Å². The van der Waals surface area contributed by atoms with Gasteiger partial charge in [0.15, 0.2) is 0 Å². The summed E-state index contributed by atoms with van der Waals surface area (Å²) >= 11 is 0. The van der Waals surface area contributed by atoms with Crippen molar-refractivity contribution in [2.75, 3.05) is 5.32 Å². The highest BCUT2D eigenvalue weighted by Crippen LogP contribution is 2.44. The number of rotatable bonds is 3. The molecule has 2 rings (SSSR count). The SMILES string of the molecule is CC(C)n1nccc1NC(=O)C1CCC(N)C(C)C1(C)C. The van der Waals surface area contributed by atoms with Crippen molar-refractivity contribution in [3.8, 4) is 0 Å². The van der Waals surface area contributed by atoms with E-state index in [9.17, 15) is 4.79 Å². The summed E-state index contributed by atoms with van der Waals surface area (Å²) in [6.45, 7) is 10.6. The molecule has 118 valence electrons. The van der Waals surface area contributed by atoms with Crippen LogP contribution in [0.5, 0.6) is 0 Å². The van der Waals surface area contributed by atoms with Crippen LogP contribution >= 0.6 is 0 Å². The lowest BCUT2D eigenvalue weighted by atomic mass is 9.61. The van der Waals surface area contributed by atoms with E-state index in [1.807, 2.05) is 24.6 Å². The normalized spacial score (nSPS) is 28.6. The van der Waals surface area contributed by atoms with E-state index in [2.05, 4.69) is 31.2 Å². The van der Waals surface area contributed by atoms with Gasteiger partial charge in [-0.25, -0.2) is 4.68 Å². The maximum absolute atomic E-state index is 12.7. The van der Waals surface area contributed by atoms with Gasteiger partial charge in [0, 0.05) is 24.1 Å². The van der Waals surface area contributed by atoms with Gasteiger partial charge in [0.2, 0.25) is 5.91 Å². The van der Waals surface area contributed by atoms with Crippen LogP contribution < -0.4 is 11.1 Å². The molecule has 1 heterocycles. The van der Waals surface area contributed by atoms with E-state index in [0.717, 1.165) is 18.7 Å². The van der Waals surface area contributed by atoms with Crippen molar-refractivity contribution in [3.05, 3.63) is 12.3 Å². The molecule has 1 aromatic rings. The molecule has 1 aliphatic rings. The lowest BCUT2D eigenvalue weighted by Gasteiger charge is -2.46. The number of aromatic nitrogens is 2. The summed E-state index contributed by atoms with van der Waals surface area (Å²) in [5, 5.41) is 7.31. The number of nitrogens with zero attached hydrogens (tertiary/aromatic N) is 2. The molecule has 1 aromatic heterocycles. The zero-order valence-electron chi connectivity index (χ0n) is 13.8. The Morgan fingerprint density at radius 3 is 2.76 bits per heavy atom. The van der Waals surface area contributed by atoms with Gasteiger partial charge in [-0.05, 0) is 38.0 Å². The molecule has 3 N–H and O–H groups in total. The molecule has 0 bridgehead atoms. The monoisotopic (exact) mass is 292 g/mol. The van der Waals surface area contributed by atoms with Crippen LogP contribution in [0.4, 0.5) is 5.82 Å². The van der Waals surface area contributed by atoms with Gasteiger partial charge >= 0.3 is 0 Å². The molecule has 5 heteroatoms. The van der Waals surface area contributed by atoms with E-state index >= 15 is 0 Å². The first kappa shape index (κ1) is 16.0. The highest BCUT2D eigenvalue weighted by Gasteiger charge is 2.45. The molecule has 0 aromatic carbocycles. The van der Waals surface area contributed by atoms with E-state index in [1.165, 1.54) is 0 Å². The second-order valence-corrected chi connectivity index (χ2v) is 7.15. The third-order valence-electron chi connectivity index (χ3n) is 5.23. The van der Waals surface area contributed by atoms with Gasteiger partial charge in [0.25, 0.3) is 0 Å². The van der Waals surface area contributed by atoms with Crippen molar-refractivity contribution in [2.24, 2.45) is 23.0 Å². The predicted octanol–water partition coefficient (Wildman–Crippen LogP) is 2.80. The number of amides is 1. The largest absolute Gasteiger partial charge is 0.327 e. The molecule has 1 fully saturated rings. The summed E-state index contributed by atoms with van der Waals surface area (Å²) in [6.07, 6.45) is 3.48. The topological polar surface area (TPSA) is 72.9 Å². The van der Waals surface area contributed by atoms with Crippen LogP contribution in [-0.4, -0.2) is 21.7 Å². The molecule has 1 amide bonds. The van der Waals surface area contributed by atoms with Gasteiger partial charge < -0.3 is 11.1 Å². The minimum absolute atomic E-state index is 0.0113. The Morgan fingerprint density at radius 1 is 1.48 bits per heavy atom. The molecule has 1 saturated carbocycles. The van der Waals surface area contributed by atoms with Crippen molar-refractivity contribution >= 4 is 11.7 Å². The third kappa shape index (κ3) is 2.98. The standard InChI is InChI=1S/C16H28N4O/c1-10(2)20-14(8-9-18-20)19-15(21)12-6-7-13(17)11(3)16(12,4)5/h8-13H,6-7,17H2,1-5H3,(H,19,21). The zero-order valence-corrected chi connectivity index (χ0v) is 13.8. The second-order valence-electron chi connectivity index (χ2n) is 7.15. The van der Waals surface area contributed by atoms with Crippen LogP contribution in [0, 0.1) is 17.3 Å². The summed E-state index contributed by atoms with van der Waals surface area (Å²) in [7, 11) is 0. The molecule has 21 heavy (non-hydrogen) atoms. The lowest BCUT2D eigenvalue weighted by Crippen LogP contribution is -2.50. The molecule has 1 aliphatic carbocycles. The fraction of sp³-hybridized carbons (Fsp3) is 0.750. The van der Waals surface area contributed by atoms with Crippen LogP contribution in [0.1, 0.15) is 53.5 Å². The van der Waals surface area contributed by atoms with E-state index < -0.39 is 0 Å². The van der Waals surface area contributed by atoms with Crippen LogP contribution in [0.2, 0.25) is 0 Å². The van der Waals surface area contributed by atoms with Crippen LogP contribution in [0.25, 0.3) is 0 Å². The molecule has 0 spiro atoms. The summed E-state index contributed by atoms with van der Waals surface area (Å²) < 4.78 is 1.84. The number of carbonyl (C=O) groups is 1. The minimum Gasteiger partial charge on any atom is -0.327 e. The summed E-state index contributed by atoms with van der Waals surface area (Å²) in [5.74, 6) is 1.18. The van der Waals surface area contributed by atoms with Gasteiger partial charge in [-0.3, -0.25) is 4.79 Å². The first-order valence-electron chi connectivity index (χ1n) is 7.85. The Bertz CT molecular complexity index is 506. The van der Waals surface area contributed by atoms with Gasteiger partial charge in [0.05, 0.1) is 6.20 Å². The summed E-state index contributed by atoms with van der Waals surface area (Å²) in [5.41, 5.74) is 6.08. The van der Waals surface area contributed by atoms with Gasteiger partial charge in [-0.2, -0.15) is 5.10 Å². The molecule has 3 unspecified atom stereocenters. The van der Waals surface area contributed by atoms with E-state index in [1.54, 1.807) is 6.20 Å². The first-order valence-corrected chi connectivity index (χ1v) is 7.85. The van der Waals surface area contributed by atoms with Crippen molar-refractivity contribution in [1.82, 2.24) is 9.78 Å². The highest BCUT2D eigenvalue weighted by molar-refractivity contribution is 5.92. The predicted molar refractivity (Wildman–Crippen MR) is 84.9 cm³/mol. The fourth-order valence-electron chi connectivity index (χ4n) is 3.36. The Balaban J connectivity index is 2.15. The molecule has 0 saturated heterocycles. The highest BCUT2D eigenvalue weighted by atomic mass is 16.2. The molecule has 0 radical (unpaired) electrons. The maximum atomic E-state index is 12.7. The average molecular weight is 292 g/mol. The van der Waals surface area contributed by atoms with Crippen LogP contribution in [0.15, 0.2) is 12.3 Å². The number of nitrogens with two attached hydrogens (primary N) is 1. The third-order valence-corrected chi connectivity index (χ3v) is 5.23. The van der Waals surface area contributed by atoms with E-state index in [4.69, 9.17) is 5.73 Å². The smallest absolute Gasteiger partial charge is 0.229 e. The fourth-order valence-corrected chi connectivity index (χ4v) is 3.36. The Kier molecular flexibility index (Phi) is 4.42. The molecule has 0 aliphatic heterocycles. The lowest BCUT2D eigenvalue weighted by molar-refractivity contribution is -0.127. The quantitative estimate of drug-likeness (QED) is 0.899. The first-order chi connectivity index (χ1) is 9.75. The zero-order chi connectivity index (χ0) is 15.8. The molecular formula is C16H28N4O. The Morgan fingerprint density at radius 2 is 2.14 bits per heavy atom. The number of nitrogens with one attached hydrogen (secondary N) is 1.